The predicted molar refractivity (Wildman–Crippen MR) is 55.3 cm³/mol. The fourth-order valence-corrected chi connectivity index (χ4v) is 1.63. The van der Waals surface area contributed by atoms with Crippen LogP contribution in [0.3, 0.4) is 0 Å². The van der Waals surface area contributed by atoms with E-state index in [1.54, 1.807) is 6.20 Å². The van der Waals surface area contributed by atoms with E-state index in [-0.39, 0.29) is 7.45 Å². The lowest BCUT2D eigenvalue weighted by Crippen LogP contribution is -1.79. The number of aromatic nitrogens is 2. The number of rotatable bonds is 1. The fourth-order valence-electron chi connectivity index (χ4n) is 0.397. The first-order valence-corrected chi connectivity index (χ1v) is 7.63. The minimum absolute atomic E-state index is 0.220. The zero-order valence-electron chi connectivity index (χ0n) is 6.23. The first-order chi connectivity index (χ1) is 4.80. The van der Waals surface area contributed by atoms with Crippen molar-refractivity contribution in [3.05, 3.63) is 18.5 Å². The topological polar surface area (TPSA) is 17.8 Å². The molecule has 0 amide bonds. The van der Waals surface area contributed by atoms with E-state index in [2.05, 4.69) is 23.0 Å². The van der Waals surface area contributed by atoms with Crippen LogP contribution in [0, 0.1) is 0 Å². The Morgan fingerprint density at radius 1 is 1.40 bits per heavy atom. The van der Waals surface area contributed by atoms with Crippen LogP contribution in [0.15, 0.2) is 18.5 Å². The van der Waals surface area contributed by atoms with E-state index in [0.29, 0.717) is 0 Å². The van der Waals surface area contributed by atoms with Crippen molar-refractivity contribution in [2.45, 2.75) is 13.8 Å². The third-order valence-electron chi connectivity index (χ3n) is 0.727. The Hall–Kier alpha value is 0.500. The van der Waals surface area contributed by atoms with Crippen LogP contribution in [0.2, 0.25) is 0 Å². The van der Waals surface area contributed by atoms with Crippen molar-refractivity contribution in [2.75, 3.05) is 0 Å². The molecule has 0 saturated carbocycles. The summed E-state index contributed by atoms with van der Waals surface area (Å²) in [4.78, 5) is 0. The number of hydrogen-bond donors (Lipinski definition) is 0. The second-order valence-electron chi connectivity index (χ2n) is 1.31. The van der Waals surface area contributed by atoms with E-state index in [1.807, 2.05) is 30.6 Å². The largest absolute Gasteiger partial charge is 0.245 e. The van der Waals surface area contributed by atoms with E-state index in [4.69, 9.17) is 0 Å². The van der Waals surface area contributed by atoms with E-state index in [9.17, 15) is 0 Å². The molecule has 58 valence electrons. The number of nitrogens with zero attached hydrogens (tertiary/aromatic N) is 2. The maximum Gasteiger partial charge on any atom is 0.0527 e. The van der Waals surface area contributed by atoms with Gasteiger partial charge in [-0.25, -0.2) is 4.45 Å². The number of hydrogen-bond acceptors (Lipinski definition) is 1. The van der Waals surface area contributed by atoms with Crippen LogP contribution in [0.25, 0.3) is 0 Å². The molecule has 0 spiro atoms. The molecule has 2 nitrogen and oxygen atoms in total. The Labute approximate surface area is 67.8 Å². The van der Waals surface area contributed by atoms with Gasteiger partial charge in [0, 0.05) is 12.4 Å². The molecule has 0 aliphatic rings. The zero-order chi connectivity index (χ0) is 7.98. The highest BCUT2D eigenvalue weighted by Gasteiger charge is 1.91. The van der Waals surface area contributed by atoms with Crippen LogP contribution in [0.1, 0.15) is 13.8 Å². The van der Waals surface area contributed by atoms with E-state index in [0.717, 1.165) is 0 Å². The lowest BCUT2D eigenvalue weighted by molar-refractivity contribution is 1.01. The van der Waals surface area contributed by atoms with Crippen LogP contribution in [-0.4, -0.2) is 9.55 Å². The van der Waals surface area contributed by atoms with E-state index >= 15 is 0 Å². The molecule has 1 heterocycles. The molecule has 0 saturated heterocycles. The van der Waals surface area contributed by atoms with Gasteiger partial charge in [0.1, 0.15) is 0 Å². The molecule has 0 radical (unpaired) electrons. The van der Waals surface area contributed by atoms with E-state index in [1.165, 1.54) is 0 Å². The van der Waals surface area contributed by atoms with Gasteiger partial charge < -0.3 is 0 Å². The minimum Gasteiger partial charge on any atom is -0.245 e. The second-order valence-corrected chi connectivity index (χ2v) is 7.44. The summed E-state index contributed by atoms with van der Waals surface area (Å²) < 4.78 is 1.91. The van der Waals surface area contributed by atoms with Crippen LogP contribution < -0.4 is 0 Å². The molecular weight excluding hydrogens is 181 g/mol. The summed E-state index contributed by atoms with van der Waals surface area (Å²) in [5, 5.41) is 4.02. The van der Waals surface area contributed by atoms with Gasteiger partial charge in [-0.1, -0.05) is 31.7 Å². The molecule has 0 aliphatic carbocycles. The van der Waals surface area contributed by atoms with Crippen molar-refractivity contribution in [2.24, 2.45) is 0 Å². The highest BCUT2D eigenvalue weighted by molar-refractivity contribution is 8.42. The van der Waals surface area contributed by atoms with Gasteiger partial charge in [0.15, 0.2) is 0 Å². The summed E-state index contributed by atoms with van der Waals surface area (Å²) >= 11 is 0. The Bertz CT molecular complexity index is 150. The van der Waals surface area contributed by atoms with Gasteiger partial charge in [-0.3, -0.25) is 0 Å². The quantitative estimate of drug-likeness (QED) is 0.628. The third kappa shape index (κ3) is 3.62. The summed E-state index contributed by atoms with van der Waals surface area (Å²) in [6, 6.07) is 1.92. The Morgan fingerprint density at radius 3 is 2.20 bits per heavy atom. The molecule has 2 unspecified atom stereocenters. The Morgan fingerprint density at radius 2 is 2.00 bits per heavy atom. The molecule has 0 N–H and O–H groups in total. The van der Waals surface area contributed by atoms with Crippen LogP contribution in [-0.2, 0) is 0 Å². The molecule has 1 rings (SSSR count). The van der Waals surface area contributed by atoms with Gasteiger partial charge in [0.2, 0.25) is 0 Å². The lowest BCUT2D eigenvalue weighted by Gasteiger charge is -2.01. The van der Waals surface area contributed by atoms with Gasteiger partial charge in [-0.2, -0.15) is 5.10 Å². The van der Waals surface area contributed by atoms with Crippen LogP contribution in [0.4, 0.5) is 0 Å². The molecule has 1 aromatic rings. The van der Waals surface area contributed by atoms with Crippen molar-refractivity contribution in [3.63, 3.8) is 0 Å². The van der Waals surface area contributed by atoms with Gasteiger partial charge in [0.05, 0.1) is 7.45 Å². The molecule has 0 bridgehead atoms. The van der Waals surface area contributed by atoms with E-state index < -0.39 is 0 Å². The Kier molecular flexibility index (Phi) is 6.54. The van der Waals surface area contributed by atoms with Gasteiger partial charge in [-0.15, -0.1) is 0 Å². The van der Waals surface area contributed by atoms with Crippen LogP contribution in [0.5, 0.6) is 0 Å². The highest BCUT2D eigenvalue weighted by atomic mass is 32.4. The molecule has 5 heteroatoms. The molecular formula is C5H13N2P3. The van der Waals surface area contributed by atoms with Crippen molar-refractivity contribution < 1.29 is 0 Å². The summed E-state index contributed by atoms with van der Waals surface area (Å²) in [5.74, 6) is 0. The van der Waals surface area contributed by atoms with Crippen molar-refractivity contribution in [1.82, 2.24) is 9.55 Å². The zero-order valence-corrected chi connectivity index (χ0v) is 9.43. The standard InChI is InChI=1S/C3H7N2P3.C2H6/c6-8(7)5-3-1-2-4-5;1-2/h1-3H,6-7H2;1-2H3. The lowest BCUT2D eigenvalue weighted by atomic mass is 10.8. The maximum atomic E-state index is 4.02. The van der Waals surface area contributed by atoms with Crippen LogP contribution >= 0.6 is 25.3 Å². The molecule has 0 aromatic carbocycles. The van der Waals surface area contributed by atoms with Crippen molar-refractivity contribution in [1.29, 1.82) is 0 Å². The molecule has 1 aromatic heterocycles. The second kappa shape index (κ2) is 6.23. The first kappa shape index (κ1) is 10.5. The predicted octanol–water partition coefficient (Wildman–Crippen LogP) is 2.73. The third-order valence-corrected chi connectivity index (χ3v) is 2.86. The summed E-state index contributed by atoms with van der Waals surface area (Å²) in [6.07, 6.45) is 3.73. The van der Waals surface area contributed by atoms with Crippen molar-refractivity contribution in [3.8, 4) is 0 Å². The summed E-state index contributed by atoms with van der Waals surface area (Å²) in [6.45, 7) is 4.00. The highest BCUT2D eigenvalue weighted by Crippen LogP contribution is 2.52. The monoisotopic (exact) mass is 194 g/mol. The average Bonchev–Trinajstić information content (AvgIpc) is 2.42. The summed E-state index contributed by atoms with van der Waals surface area (Å²) in [7, 11) is 5.16. The Balaban J connectivity index is 0.000000371. The van der Waals surface area contributed by atoms with Gasteiger partial charge in [0.25, 0.3) is 0 Å². The molecule has 10 heavy (non-hydrogen) atoms. The fraction of sp³-hybridized carbons (Fsp3) is 0.400. The molecule has 0 fully saturated rings. The normalized spacial score (nSPS) is 8.90. The smallest absolute Gasteiger partial charge is 0.0527 e. The van der Waals surface area contributed by atoms with Crippen molar-refractivity contribution >= 4 is 25.3 Å². The average molecular weight is 194 g/mol. The molecule has 2 atom stereocenters. The minimum atomic E-state index is -0.220. The van der Waals surface area contributed by atoms with Gasteiger partial charge >= 0.3 is 0 Å². The first-order valence-electron chi connectivity index (χ1n) is 3.10. The maximum absolute atomic E-state index is 4.02. The SMILES string of the molecule is CC.PP(P)n1cccn1. The summed E-state index contributed by atoms with van der Waals surface area (Å²) in [5.41, 5.74) is 0. The van der Waals surface area contributed by atoms with Gasteiger partial charge in [-0.05, 0) is 6.07 Å². The molecule has 0 aliphatic heterocycles.